The predicted molar refractivity (Wildman–Crippen MR) is 199 cm³/mol. The molecule has 2 saturated heterocycles. The van der Waals surface area contributed by atoms with E-state index in [0.717, 1.165) is 12.8 Å². The van der Waals surface area contributed by atoms with E-state index >= 15 is 0 Å². The molecule has 1 aliphatic carbocycles. The van der Waals surface area contributed by atoms with Gasteiger partial charge in [0.15, 0.2) is 52.8 Å². The van der Waals surface area contributed by atoms with E-state index in [2.05, 4.69) is 35.2 Å². The standard InChI is InChI=1S/C20H22N6O4.C16H14ClN5O4/c21-20-24-17(23-13-7-4-8-13)16-18(25-20)26(11-22-16)14-9-28-15(30-14)10-29-19(27)12-5-2-1-3-6-12;17-13-12-14(21-16(18)20-13)22(8-19-12)10-6-24-11(26-10)7-25-15(23)9-4-2-1-3-5-9/h1-3,5-6,11,13-15H,4,7-10H2,(H3,21,23,24,25);1-5,8,10-11H,6-7H2,(H2,18,20,21)/t14-,15-;10-,11-/m11/s1. The number of nitrogens with zero attached hydrogens (tertiary/aromatic N) is 8. The quantitative estimate of drug-likeness (QED) is 0.132. The van der Waals surface area contributed by atoms with Crippen LogP contribution in [0.1, 0.15) is 52.4 Å². The summed E-state index contributed by atoms with van der Waals surface area (Å²) in [5.74, 6) is -0.0313. The van der Waals surface area contributed by atoms with E-state index in [1.54, 1.807) is 64.0 Å². The summed E-state index contributed by atoms with van der Waals surface area (Å²) in [6.45, 7) is 0.464. The maximum absolute atomic E-state index is 12.1. The van der Waals surface area contributed by atoms with Crippen LogP contribution in [0.4, 0.5) is 17.7 Å². The van der Waals surface area contributed by atoms with Gasteiger partial charge in [-0.3, -0.25) is 9.13 Å². The lowest BCUT2D eigenvalue weighted by Gasteiger charge is -2.26. The number of imidazole rings is 2. The second-order valence-electron chi connectivity index (χ2n) is 12.9. The molecule has 3 fully saturated rings. The Balaban J connectivity index is 0.000000159. The average Bonchev–Trinajstić information content (AvgIpc) is 4.02. The molecule has 0 radical (unpaired) electrons. The predicted octanol–water partition coefficient (Wildman–Crippen LogP) is 3.89. The van der Waals surface area contributed by atoms with Gasteiger partial charge in [0.05, 0.1) is 37.0 Å². The molecule has 20 heteroatoms. The van der Waals surface area contributed by atoms with E-state index in [0.29, 0.717) is 45.3 Å². The molecule has 0 unspecified atom stereocenters. The number of carbonyl (C=O) groups is 2. The third-order valence-electron chi connectivity index (χ3n) is 9.09. The van der Waals surface area contributed by atoms with Gasteiger partial charge in [-0.05, 0) is 43.5 Å². The van der Waals surface area contributed by atoms with Crippen LogP contribution in [-0.4, -0.2) is 96.0 Å². The molecule has 4 aromatic heterocycles. The number of anilines is 3. The zero-order chi connectivity index (χ0) is 38.6. The van der Waals surface area contributed by atoms with E-state index in [-0.39, 0.29) is 43.5 Å². The van der Waals surface area contributed by atoms with E-state index in [9.17, 15) is 9.59 Å². The van der Waals surface area contributed by atoms with Crippen LogP contribution in [0.15, 0.2) is 73.3 Å². The summed E-state index contributed by atoms with van der Waals surface area (Å²) in [6, 6.07) is 17.9. The van der Waals surface area contributed by atoms with Crippen molar-refractivity contribution in [2.75, 3.05) is 43.2 Å². The minimum absolute atomic E-state index is 0.0114. The van der Waals surface area contributed by atoms with Gasteiger partial charge in [0.1, 0.15) is 18.7 Å². The molecule has 2 aliphatic heterocycles. The SMILES string of the molecule is Nc1nc(Cl)c2ncn([C@H]3CO[C@@H](COC(=O)c4ccccc4)O3)c2n1.Nc1nc(NC2CCC2)c2ncn([C@H]3CO[C@@H](COC(=O)c4ccccc4)O3)c2n1. The molecule has 2 aromatic carbocycles. The smallest absolute Gasteiger partial charge is 0.338 e. The molecule has 6 aromatic rings. The summed E-state index contributed by atoms with van der Waals surface area (Å²) in [6.07, 6.45) is 4.26. The second kappa shape index (κ2) is 16.4. The summed E-state index contributed by atoms with van der Waals surface area (Å²) in [7, 11) is 0. The lowest BCUT2D eigenvalue weighted by Crippen LogP contribution is -2.27. The third kappa shape index (κ3) is 8.16. The first-order valence-electron chi connectivity index (χ1n) is 17.7. The number of halogens is 1. The Morgan fingerprint density at radius 2 is 1.23 bits per heavy atom. The van der Waals surface area contributed by atoms with Crippen molar-refractivity contribution in [2.24, 2.45) is 0 Å². The van der Waals surface area contributed by atoms with Gasteiger partial charge in [0.25, 0.3) is 0 Å². The fraction of sp³-hybridized carbons (Fsp3) is 0.333. The highest BCUT2D eigenvalue weighted by Gasteiger charge is 2.32. The number of benzene rings is 2. The second-order valence-corrected chi connectivity index (χ2v) is 13.2. The summed E-state index contributed by atoms with van der Waals surface area (Å²) in [5, 5.41) is 3.55. The highest BCUT2D eigenvalue weighted by Crippen LogP contribution is 2.31. The number of aromatic nitrogens is 8. The van der Waals surface area contributed by atoms with Crippen LogP contribution in [0.5, 0.6) is 0 Å². The maximum Gasteiger partial charge on any atom is 0.338 e. The summed E-state index contributed by atoms with van der Waals surface area (Å²) in [5.41, 5.74) is 14.6. The number of fused-ring (bicyclic) bond motifs is 2. The third-order valence-corrected chi connectivity index (χ3v) is 9.35. The van der Waals surface area contributed by atoms with Gasteiger partial charge in [-0.1, -0.05) is 48.0 Å². The van der Waals surface area contributed by atoms with Crippen molar-refractivity contribution in [1.29, 1.82) is 0 Å². The summed E-state index contributed by atoms with van der Waals surface area (Å²) < 4.78 is 36.8. The fourth-order valence-electron chi connectivity index (χ4n) is 6.06. The van der Waals surface area contributed by atoms with Crippen LogP contribution in [0.3, 0.4) is 0 Å². The average molecular weight is 786 g/mol. The highest BCUT2D eigenvalue weighted by atomic mass is 35.5. The van der Waals surface area contributed by atoms with Crippen molar-refractivity contribution >= 4 is 63.6 Å². The number of nitrogen functional groups attached to an aromatic ring is 2. The van der Waals surface area contributed by atoms with Gasteiger partial charge in [-0.2, -0.15) is 19.9 Å². The minimum atomic E-state index is -0.695. The lowest BCUT2D eigenvalue weighted by atomic mass is 9.93. The molecule has 290 valence electrons. The summed E-state index contributed by atoms with van der Waals surface area (Å²) in [4.78, 5) is 49.3. The number of carbonyl (C=O) groups excluding carboxylic acids is 2. The first kappa shape index (κ1) is 37.0. The van der Waals surface area contributed by atoms with Crippen molar-refractivity contribution in [3.05, 3.63) is 89.6 Å². The van der Waals surface area contributed by atoms with Gasteiger partial charge in [-0.15, -0.1) is 0 Å². The molecule has 1 saturated carbocycles. The Hall–Kier alpha value is -5.99. The monoisotopic (exact) mass is 785 g/mol. The van der Waals surface area contributed by atoms with Crippen molar-refractivity contribution in [1.82, 2.24) is 39.0 Å². The lowest BCUT2D eigenvalue weighted by molar-refractivity contribution is -0.102. The molecule has 0 bridgehead atoms. The zero-order valence-corrected chi connectivity index (χ0v) is 30.4. The Labute approximate surface area is 323 Å². The Morgan fingerprint density at radius 3 is 1.75 bits per heavy atom. The number of esters is 2. The number of rotatable bonds is 10. The number of hydrogen-bond donors (Lipinski definition) is 3. The topological polar surface area (TPSA) is 241 Å². The number of nitrogens with two attached hydrogens (primary N) is 2. The van der Waals surface area contributed by atoms with Crippen LogP contribution in [0.2, 0.25) is 5.15 Å². The molecule has 19 nitrogen and oxygen atoms in total. The minimum Gasteiger partial charge on any atom is -0.457 e. The van der Waals surface area contributed by atoms with E-state index in [4.69, 9.17) is 51.5 Å². The van der Waals surface area contributed by atoms with Gasteiger partial charge in [0, 0.05) is 6.04 Å². The van der Waals surface area contributed by atoms with E-state index < -0.39 is 37.0 Å². The zero-order valence-electron chi connectivity index (χ0n) is 29.6. The Bertz CT molecular complexity index is 2330. The number of hydrogen-bond acceptors (Lipinski definition) is 17. The van der Waals surface area contributed by atoms with E-state index in [1.165, 1.54) is 12.7 Å². The summed E-state index contributed by atoms with van der Waals surface area (Å²) >= 11 is 6.02. The molecule has 3 aliphatic rings. The molecule has 6 heterocycles. The Morgan fingerprint density at radius 1 is 0.732 bits per heavy atom. The van der Waals surface area contributed by atoms with Crippen molar-refractivity contribution in [2.45, 2.75) is 50.3 Å². The molecule has 56 heavy (non-hydrogen) atoms. The van der Waals surface area contributed by atoms with Gasteiger partial charge in [-0.25, -0.2) is 19.6 Å². The molecule has 0 spiro atoms. The highest BCUT2D eigenvalue weighted by molar-refractivity contribution is 6.33. The number of nitrogens with one attached hydrogen (secondary N) is 1. The van der Waals surface area contributed by atoms with E-state index in [1.807, 2.05) is 12.1 Å². The van der Waals surface area contributed by atoms with Crippen LogP contribution in [-0.2, 0) is 28.4 Å². The van der Waals surface area contributed by atoms with Crippen LogP contribution in [0.25, 0.3) is 22.3 Å². The molecule has 9 rings (SSSR count). The van der Waals surface area contributed by atoms with Gasteiger partial charge in [0.2, 0.25) is 11.9 Å². The first-order valence-corrected chi connectivity index (χ1v) is 18.1. The van der Waals surface area contributed by atoms with Crippen molar-refractivity contribution in [3.63, 3.8) is 0 Å². The molecular formula is C36H36ClN11O8. The molecular weight excluding hydrogens is 750 g/mol. The van der Waals surface area contributed by atoms with Crippen molar-refractivity contribution in [3.8, 4) is 0 Å². The first-order chi connectivity index (χ1) is 27.3. The van der Waals surface area contributed by atoms with Gasteiger partial charge >= 0.3 is 11.9 Å². The molecule has 4 atom stereocenters. The fourth-order valence-corrected chi connectivity index (χ4v) is 6.28. The normalized spacial score (nSPS) is 20.7. The Kier molecular flexibility index (Phi) is 10.8. The van der Waals surface area contributed by atoms with Crippen LogP contribution in [0, 0.1) is 0 Å². The van der Waals surface area contributed by atoms with Crippen LogP contribution < -0.4 is 16.8 Å². The van der Waals surface area contributed by atoms with Crippen molar-refractivity contribution < 1.29 is 38.0 Å². The molecule has 5 N–H and O–H groups in total. The number of ether oxygens (including phenoxy) is 6. The van der Waals surface area contributed by atoms with Gasteiger partial charge < -0.3 is 45.2 Å². The van der Waals surface area contributed by atoms with Crippen LogP contribution >= 0.6 is 11.6 Å². The largest absolute Gasteiger partial charge is 0.457 e. The maximum atomic E-state index is 12.1. The molecule has 0 amide bonds.